The first-order chi connectivity index (χ1) is 7.99. The zero-order valence-electron chi connectivity index (χ0n) is 8.15. The number of hydrogen-bond donors (Lipinski definition) is 0. The van der Waals surface area contributed by atoms with Crippen molar-refractivity contribution in [1.82, 2.24) is 0 Å². The summed E-state index contributed by atoms with van der Waals surface area (Å²) in [6.45, 7) is 0. The molecule has 1 aromatic carbocycles. The third-order valence-corrected chi connectivity index (χ3v) is 1.80. The largest absolute Gasteiger partial charge is 0.305 e. The van der Waals surface area contributed by atoms with E-state index in [0.717, 1.165) is 6.08 Å². The Morgan fingerprint density at radius 3 is 2.35 bits per heavy atom. The third kappa shape index (κ3) is 2.61. The van der Waals surface area contributed by atoms with Crippen LogP contribution >= 0.6 is 0 Å². The first-order valence-corrected chi connectivity index (χ1v) is 4.15. The summed E-state index contributed by atoms with van der Waals surface area (Å²) in [5, 5.41) is 27.3. The lowest BCUT2D eigenvalue weighted by molar-refractivity contribution is -0.387. The monoisotopic (exact) mass is 235 g/mol. The van der Waals surface area contributed by atoms with Gasteiger partial charge < -0.3 is 0 Å². The Morgan fingerprint density at radius 2 is 1.88 bits per heavy atom. The van der Waals surface area contributed by atoms with Gasteiger partial charge in [-0.1, -0.05) is 0 Å². The summed E-state index contributed by atoms with van der Waals surface area (Å²) in [7, 11) is 0. The fourth-order valence-electron chi connectivity index (χ4n) is 1.05. The number of rotatable bonds is 2. The highest BCUT2D eigenvalue weighted by Gasteiger charge is 2.17. The topological polar surface area (TPSA) is 90.7 Å². The molecule has 0 spiro atoms. The molecular formula is C10H3F2N3O2. The molecule has 84 valence electrons. The van der Waals surface area contributed by atoms with Gasteiger partial charge in [-0.25, -0.2) is 4.39 Å². The van der Waals surface area contributed by atoms with Crippen molar-refractivity contribution in [3.05, 3.63) is 45.0 Å². The second kappa shape index (κ2) is 4.81. The second-order valence-corrected chi connectivity index (χ2v) is 2.86. The van der Waals surface area contributed by atoms with Gasteiger partial charge in [0.25, 0.3) is 0 Å². The van der Waals surface area contributed by atoms with E-state index in [-0.39, 0.29) is 0 Å². The van der Waals surface area contributed by atoms with Crippen LogP contribution in [-0.4, -0.2) is 4.92 Å². The van der Waals surface area contributed by atoms with Crippen molar-refractivity contribution < 1.29 is 13.7 Å². The Balaban J connectivity index is 3.42. The lowest BCUT2D eigenvalue weighted by Gasteiger charge is -1.98. The standard InChI is InChI=1S/C10H3F2N3O2/c11-8-3-9(12)10(15(16)17)2-7(8)1-6(4-13)5-14/h1-3H. The minimum atomic E-state index is -1.32. The molecule has 1 rings (SSSR count). The number of nitriles is 2. The van der Waals surface area contributed by atoms with E-state index in [4.69, 9.17) is 10.5 Å². The van der Waals surface area contributed by atoms with E-state index in [0.29, 0.717) is 12.1 Å². The molecule has 0 radical (unpaired) electrons. The molecular weight excluding hydrogens is 232 g/mol. The summed E-state index contributed by atoms with van der Waals surface area (Å²) in [5.74, 6) is -2.41. The SMILES string of the molecule is N#CC(C#N)=Cc1cc([N+](=O)[O-])c(F)cc1F. The van der Waals surface area contributed by atoms with Gasteiger partial charge >= 0.3 is 5.69 Å². The van der Waals surface area contributed by atoms with Crippen LogP contribution in [0.4, 0.5) is 14.5 Å². The summed E-state index contributed by atoms with van der Waals surface area (Å²) < 4.78 is 26.2. The van der Waals surface area contributed by atoms with Gasteiger partial charge in [-0.15, -0.1) is 0 Å². The highest BCUT2D eigenvalue weighted by atomic mass is 19.1. The number of hydrogen-bond acceptors (Lipinski definition) is 4. The molecule has 0 fully saturated rings. The van der Waals surface area contributed by atoms with Crippen molar-refractivity contribution in [2.75, 3.05) is 0 Å². The van der Waals surface area contributed by atoms with Crippen LogP contribution in [-0.2, 0) is 0 Å². The number of halogens is 2. The van der Waals surface area contributed by atoms with Gasteiger partial charge in [0.2, 0.25) is 5.82 Å². The number of benzene rings is 1. The van der Waals surface area contributed by atoms with Crippen molar-refractivity contribution in [3.8, 4) is 12.1 Å². The number of allylic oxidation sites excluding steroid dienone is 1. The van der Waals surface area contributed by atoms with Crippen LogP contribution in [0.2, 0.25) is 0 Å². The molecule has 0 N–H and O–H groups in total. The van der Waals surface area contributed by atoms with Crippen molar-refractivity contribution in [3.63, 3.8) is 0 Å². The summed E-state index contributed by atoms with van der Waals surface area (Å²) in [6, 6.07) is 3.87. The lowest BCUT2D eigenvalue weighted by Crippen LogP contribution is -1.95. The van der Waals surface area contributed by atoms with Crippen LogP contribution in [0, 0.1) is 44.4 Å². The van der Waals surface area contributed by atoms with Gasteiger partial charge in [0.05, 0.1) is 4.92 Å². The smallest absolute Gasteiger partial charge is 0.258 e. The Labute approximate surface area is 94.0 Å². The minimum absolute atomic E-state index is 0.330. The number of nitrogens with zero attached hydrogens (tertiary/aromatic N) is 3. The summed E-state index contributed by atoms with van der Waals surface area (Å²) in [5.41, 5.74) is -1.76. The lowest BCUT2D eigenvalue weighted by atomic mass is 10.1. The fraction of sp³-hybridized carbons (Fsp3) is 0. The Bertz CT molecular complexity index is 581. The van der Waals surface area contributed by atoms with Crippen LogP contribution in [0.5, 0.6) is 0 Å². The van der Waals surface area contributed by atoms with E-state index < -0.39 is 33.4 Å². The molecule has 5 nitrogen and oxygen atoms in total. The first-order valence-electron chi connectivity index (χ1n) is 4.15. The average Bonchev–Trinajstić information content (AvgIpc) is 2.27. The van der Waals surface area contributed by atoms with Crippen molar-refractivity contribution in [1.29, 1.82) is 10.5 Å². The Hall–Kier alpha value is -2.80. The molecule has 0 atom stereocenters. The minimum Gasteiger partial charge on any atom is -0.258 e. The highest BCUT2D eigenvalue weighted by Crippen LogP contribution is 2.23. The van der Waals surface area contributed by atoms with E-state index in [2.05, 4.69) is 0 Å². The molecule has 0 saturated heterocycles. The van der Waals surface area contributed by atoms with Crippen molar-refractivity contribution in [2.24, 2.45) is 0 Å². The third-order valence-electron chi connectivity index (χ3n) is 1.80. The zero-order valence-corrected chi connectivity index (χ0v) is 8.15. The molecule has 1 aromatic rings. The highest BCUT2D eigenvalue weighted by molar-refractivity contribution is 5.64. The van der Waals surface area contributed by atoms with Gasteiger partial charge in [-0.2, -0.15) is 14.9 Å². The molecule has 0 saturated carbocycles. The van der Waals surface area contributed by atoms with Gasteiger partial charge in [-0.3, -0.25) is 10.1 Å². The maximum Gasteiger partial charge on any atom is 0.305 e. The van der Waals surface area contributed by atoms with Crippen LogP contribution in [0.15, 0.2) is 17.7 Å². The Morgan fingerprint density at radius 1 is 1.29 bits per heavy atom. The van der Waals surface area contributed by atoms with Crippen molar-refractivity contribution >= 4 is 11.8 Å². The fourth-order valence-corrected chi connectivity index (χ4v) is 1.05. The summed E-state index contributed by atoms with van der Waals surface area (Å²) >= 11 is 0. The van der Waals surface area contributed by atoms with Gasteiger partial charge in [0.1, 0.15) is 23.5 Å². The van der Waals surface area contributed by atoms with E-state index in [1.54, 1.807) is 0 Å². The maximum atomic E-state index is 13.2. The van der Waals surface area contributed by atoms with Crippen LogP contribution < -0.4 is 0 Å². The van der Waals surface area contributed by atoms with Gasteiger partial charge in [0, 0.05) is 17.7 Å². The average molecular weight is 235 g/mol. The molecule has 0 unspecified atom stereocenters. The Kier molecular flexibility index (Phi) is 3.48. The second-order valence-electron chi connectivity index (χ2n) is 2.86. The van der Waals surface area contributed by atoms with Crippen LogP contribution in [0.25, 0.3) is 6.08 Å². The summed E-state index contributed by atoms with van der Waals surface area (Å²) in [6.07, 6.45) is 0.807. The van der Waals surface area contributed by atoms with E-state index in [9.17, 15) is 18.9 Å². The quantitative estimate of drug-likeness (QED) is 0.446. The number of nitro benzene ring substituents is 1. The normalized spacial score (nSPS) is 8.94. The van der Waals surface area contributed by atoms with E-state index in [1.807, 2.05) is 0 Å². The molecule has 0 aromatic heterocycles. The van der Waals surface area contributed by atoms with E-state index in [1.165, 1.54) is 12.1 Å². The zero-order chi connectivity index (χ0) is 13.0. The van der Waals surface area contributed by atoms with Gasteiger partial charge in [0.15, 0.2) is 0 Å². The van der Waals surface area contributed by atoms with Crippen molar-refractivity contribution in [2.45, 2.75) is 0 Å². The van der Waals surface area contributed by atoms with E-state index >= 15 is 0 Å². The molecule has 0 bridgehead atoms. The maximum absolute atomic E-state index is 13.2. The molecule has 0 heterocycles. The number of nitro groups is 1. The predicted octanol–water partition coefficient (Wildman–Crippen LogP) is 2.30. The van der Waals surface area contributed by atoms with Gasteiger partial charge in [-0.05, 0) is 6.08 Å². The molecule has 17 heavy (non-hydrogen) atoms. The predicted molar refractivity (Wildman–Crippen MR) is 52.2 cm³/mol. The first kappa shape index (κ1) is 12.3. The summed E-state index contributed by atoms with van der Waals surface area (Å²) in [4.78, 5) is 9.38. The molecule has 7 heteroatoms. The van der Waals surface area contributed by atoms with Crippen LogP contribution in [0.1, 0.15) is 5.56 Å². The molecule has 0 aliphatic carbocycles. The van der Waals surface area contributed by atoms with Crippen LogP contribution in [0.3, 0.4) is 0 Å². The molecule has 0 aliphatic heterocycles. The molecule has 0 amide bonds. The molecule has 0 aliphatic rings.